The zero-order valence-corrected chi connectivity index (χ0v) is 16.6. The van der Waals surface area contributed by atoms with E-state index in [1.165, 1.54) is 11.3 Å². The molecule has 1 atom stereocenters. The van der Waals surface area contributed by atoms with Gasteiger partial charge in [-0.1, -0.05) is 52.8 Å². The normalized spacial score (nSPS) is 12.5. The maximum Gasteiger partial charge on any atom is 0.319 e. The van der Waals surface area contributed by atoms with Crippen LogP contribution in [0.1, 0.15) is 40.3 Å². The number of rotatable bonds is 5. The highest BCUT2D eigenvalue weighted by molar-refractivity contribution is 7.14. The standard InChI is InChI=1S/C19H26N4O2S/c1-12(2)15(22-17(25)20-13-9-7-6-8-10-13)16(24)23-18-21-14(11-26-18)19(3,4)5/h6-12,15H,1-5H3,(H2,20,22,25)(H,21,23,24). The van der Waals surface area contributed by atoms with Crippen molar-refractivity contribution in [3.05, 3.63) is 41.4 Å². The maximum absolute atomic E-state index is 12.6. The van der Waals surface area contributed by atoms with Gasteiger partial charge in [0.1, 0.15) is 6.04 Å². The minimum absolute atomic E-state index is 0.0708. The van der Waals surface area contributed by atoms with Crippen LogP contribution in [0.15, 0.2) is 35.7 Å². The summed E-state index contributed by atoms with van der Waals surface area (Å²) in [7, 11) is 0. The van der Waals surface area contributed by atoms with E-state index < -0.39 is 12.1 Å². The van der Waals surface area contributed by atoms with E-state index in [2.05, 4.69) is 41.7 Å². The molecule has 0 aliphatic heterocycles. The predicted octanol–water partition coefficient (Wildman–Crippen LogP) is 4.23. The van der Waals surface area contributed by atoms with Gasteiger partial charge in [0.25, 0.3) is 0 Å². The Kier molecular flexibility index (Phi) is 6.37. The molecule has 0 saturated carbocycles. The summed E-state index contributed by atoms with van der Waals surface area (Å²) in [5.74, 6) is -0.350. The fraction of sp³-hybridized carbons (Fsp3) is 0.421. The topological polar surface area (TPSA) is 83.1 Å². The maximum atomic E-state index is 12.6. The van der Waals surface area contributed by atoms with Gasteiger partial charge in [0.05, 0.1) is 5.69 Å². The van der Waals surface area contributed by atoms with Crippen molar-refractivity contribution in [1.29, 1.82) is 0 Å². The van der Waals surface area contributed by atoms with Crippen molar-refractivity contribution in [3.63, 3.8) is 0 Å². The van der Waals surface area contributed by atoms with Gasteiger partial charge in [0, 0.05) is 16.5 Å². The van der Waals surface area contributed by atoms with E-state index in [1.54, 1.807) is 12.1 Å². The van der Waals surface area contributed by atoms with Crippen LogP contribution in [0.3, 0.4) is 0 Å². The molecule has 6 nitrogen and oxygen atoms in total. The molecule has 26 heavy (non-hydrogen) atoms. The van der Waals surface area contributed by atoms with Gasteiger partial charge in [-0.25, -0.2) is 9.78 Å². The molecule has 0 spiro atoms. The number of anilines is 2. The summed E-state index contributed by atoms with van der Waals surface area (Å²) < 4.78 is 0. The molecule has 0 radical (unpaired) electrons. The summed E-state index contributed by atoms with van der Waals surface area (Å²) in [4.78, 5) is 29.3. The highest BCUT2D eigenvalue weighted by Crippen LogP contribution is 2.26. The number of thiazole rings is 1. The lowest BCUT2D eigenvalue weighted by molar-refractivity contribution is -0.118. The number of carbonyl (C=O) groups excluding carboxylic acids is 2. The summed E-state index contributed by atoms with van der Waals surface area (Å²) in [5, 5.41) is 10.8. The van der Waals surface area contributed by atoms with Crippen molar-refractivity contribution in [3.8, 4) is 0 Å². The van der Waals surface area contributed by atoms with E-state index in [0.29, 0.717) is 10.8 Å². The Hall–Kier alpha value is -2.41. The van der Waals surface area contributed by atoms with Gasteiger partial charge in [0.15, 0.2) is 5.13 Å². The molecule has 140 valence electrons. The number of para-hydroxylation sites is 1. The second-order valence-corrected chi connectivity index (χ2v) is 8.32. The first-order valence-electron chi connectivity index (χ1n) is 8.56. The van der Waals surface area contributed by atoms with Crippen LogP contribution >= 0.6 is 11.3 Å². The summed E-state index contributed by atoms with van der Waals surface area (Å²) >= 11 is 1.38. The van der Waals surface area contributed by atoms with E-state index in [9.17, 15) is 9.59 Å². The third kappa shape index (κ3) is 5.56. The number of carbonyl (C=O) groups is 2. The first-order valence-corrected chi connectivity index (χ1v) is 9.44. The van der Waals surface area contributed by atoms with Crippen molar-refractivity contribution in [2.75, 3.05) is 10.6 Å². The minimum atomic E-state index is -0.666. The van der Waals surface area contributed by atoms with Gasteiger partial charge >= 0.3 is 6.03 Å². The smallest absolute Gasteiger partial charge is 0.319 e. The second kappa shape index (κ2) is 8.31. The Morgan fingerprint density at radius 1 is 1.08 bits per heavy atom. The zero-order chi connectivity index (χ0) is 19.3. The number of nitrogens with zero attached hydrogens (tertiary/aromatic N) is 1. The van der Waals surface area contributed by atoms with Gasteiger partial charge < -0.3 is 16.0 Å². The van der Waals surface area contributed by atoms with Crippen LogP contribution in [-0.4, -0.2) is 23.0 Å². The monoisotopic (exact) mass is 374 g/mol. The lowest BCUT2D eigenvalue weighted by Crippen LogP contribution is -2.48. The first-order chi connectivity index (χ1) is 12.2. The summed E-state index contributed by atoms with van der Waals surface area (Å²) in [6.45, 7) is 9.98. The third-order valence-corrected chi connectivity index (χ3v) is 4.53. The zero-order valence-electron chi connectivity index (χ0n) is 15.8. The summed E-state index contributed by atoms with van der Waals surface area (Å²) in [5.41, 5.74) is 1.52. The van der Waals surface area contributed by atoms with E-state index in [1.807, 2.05) is 37.4 Å². The van der Waals surface area contributed by atoms with Gasteiger partial charge in [-0.2, -0.15) is 0 Å². The molecule has 7 heteroatoms. The fourth-order valence-corrected chi connectivity index (χ4v) is 3.16. The molecule has 2 rings (SSSR count). The molecule has 2 aromatic rings. The van der Waals surface area contributed by atoms with Crippen molar-refractivity contribution in [2.45, 2.75) is 46.1 Å². The number of aromatic nitrogens is 1. The molecule has 1 heterocycles. The predicted molar refractivity (Wildman–Crippen MR) is 107 cm³/mol. The molecule has 3 amide bonds. The Balaban J connectivity index is 2.01. The van der Waals surface area contributed by atoms with E-state index in [0.717, 1.165) is 5.69 Å². The Morgan fingerprint density at radius 3 is 2.27 bits per heavy atom. The number of nitrogens with one attached hydrogen (secondary N) is 3. The number of hydrogen-bond acceptors (Lipinski definition) is 4. The lowest BCUT2D eigenvalue weighted by atomic mass is 9.93. The molecular formula is C19H26N4O2S. The van der Waals surface area contributed by atoms with Gasteiger partial charge in [-0.15, -0.1) is 11.3 Å². The van der Waals surface area contributed by atoms with Crippen molar-refractivity contribution in [2.24, 2.45) is 5.92 Å². The summed E-state index contributed by atoms with van der Waals surface area (Å²) in [6, 6.07) is 8.02. The Labute approximate surface area is 158 Å². The van der Waals surface area contributed by atoms with Crippen molar-refractivity contribution in [1.82, 2.24) is 10.3 Å². The van der Waals surface area contributed by atoms with Crippen LogP contribution in [0.2, 0.25) is 0 Å². The molecule has 0 aliphatic rings. The summed E-state index contributed by atoms with van der Waals surface area (Å²) in [6.07, 6.45) is 0. The van der Waals surface area contributed by atoms with Crippen LogP contribution < -0.4 is 16.0 Å². The lowest BCUT2D eigenvalue weighted by Gasteiger charge is -2.21. The molecule has 1 unspecified atom stereocenters. The highest BCUT2D eigenvalue weighted by atomic mass is 32.1. The Bertz CT molecular complexity index is 750. The molecule has 3 N–H and O–H groups in total. The van der Waals surface area contributed by atoms with Gasteiger partial charge in [-0.05, 0) is 18.1 Å². The largest absolute Gasteiger partial charge is 0.326 e. The van der Waals surface area contributed by atoms with Crippen LogP contribution in [0.25, 0.3) is 0 Å². The molecule has 0 saturated heterocycles. The molecular weight excluding hydrogens is 348 g/mol. The van der Waals surface area contributed by atoms with Crippen LogP contribution in [0, 0.1) is 5.92 Å². The number of amides is 3. The Morgan fingerprint density at radius 2 is 1.73 bits per heavy atom. The fourth-order valence-electron chi connectivity index (χ4n) is 2.22. The van der Waals surface area contributed by atoms with Crippen LogP contribution in [0.4, 0.5) is 15.6 Å². The van der Waals surface area contributed by atoms with E-state index in [4.69, 9.17) is 0 Å². The second-order valence-electron chi connectivity index (χ2n) is 7.46. The van der Waals surface area contributed by atoms with Crippen LogP contribution in [0.5, 0.6) is 0 Å². The van der Waals surface area contributed by atoms with Crippen molar-refractivity contribution >= 4 is 34.1 Å². The van der Waals surface area contributed by atoms with Gasteiger partial charge in [-0.3, -0.25) is 4.79 Å². The van der Waals surface area contributed by atoms with E-state index >= 15 is 0 Å². The van der Waals surface area contributed by atoms with Crippen molar-refractivity contribution < 1.29 is 9.59 Å². The number of hydrogen-bond donors (Lipinski definition) is 3. The average molecular weight is 375 g/mol. The SMILES string of the molecule is CC(C)C(NC(=O)Nc1ccccc1)C(=O)Nc1nc(C(C)(C)C)cs1. The molecule has 0 bridgehead atoms. The molecule has 1 aromatic heterocycles. The van der Waals surface area contributed by atoms with Crippen LogP contribution in [-0.2, 0) is 10.2 Å². The molecule has 1 aromatic carbocycles. The highest BCUT2D eigenvalue weighted by Gasteiger charge is 2.26. The average Bonchev–Trinajstić information content (AvgIpc) is 3.02. The number of benzene rings is 1. The molecule has 0 fully saturated rings. The van der Waals surface area contributed by atoms with Gasteiger partial charge in [0.2, 0.25) is 5.91 Å². The number of urea groups is 1. The third-order valence-electron chi connectivity index (χ3n) is 3.77. The van der Waals surface area contributed by atoms with E-state index in [-0.39, 0.29) is 17.2 Å². The minimum Gasteiger partial charge on any atom is -0.326 e. The quantitative estimate of drug-likeness (QED) is 0.732. The first kappa shape index (κ1) is 19.9. The molecule has 0 aliphatic carbocycles.